The van der Waals surface area contributed by atoms with Gasteiger partial charge in [0.15, 0.2) is 0 Å². The minimum Gasteiger partial charge on any atom is -0.379 e. The van der Waals surface area contributed by atoms with Crippen molar-refractivity contribution in [3.05, 3.63) is 49.7 Å². The van der Waals surface area contributed by atoms with E-state index in [0.29, 0.717) is 54.4 Å². The Kier molecular flexibility index (Phi) is 7.26. The van der Waals surface area contributed by atoms with Gasteiger partial charge in [0.25, 0.3) is 5.91 Å². The van der Waals surface area contributed by atoms with Crippen molar-refractivity contribution in [2.75, 3.05) is 44.7 Å². The van der Waals surface area contributed by atoms with Gasteiger partial charge < -0.3 is 15.0 Å². The summed E-state index contributed by atoms with van der Waals surface area (Å²) in [4.78, 5) is 35.5. The summed E-state index contributed by atoms with van der Waals surface area (Å²) in [5.74, 6) is 0.362. The number of thiazole rings is 1. The summed E-state index contributed by atoms with van der Waals surface area (Å²) in [6.07, 6.45) is 1.72. The summed E-state index contributed by atoms with van der Waals surface area (Å²) in [5.41, 5.74) is 2.68. The number of hydrogen-bond donors (Lipinski definition) is 1. The average molecular weight is 521 g/mol. The molecule has 34 heavy (non-hydrogen) atoms. The van der Waals surface area contributed by atoms with E-state index in [1.807, 2.05) is 23.1 Å². The molecule has 5 rings (SSSR count). The van der Waals surface area contributed by atoms with Crippen LogP contribution in [0.25, 0.3) is 0 Å². The first-order valence-electron chi connectivity index (χ1n) is 11.2. The zero-order valence-electron chi connectivity index (χ0n) is 18.5. The number of rotatable bonds is 7. The fraction of sp³-hybridized carbons (Fsp3) is 0.455. The number of ether oxygens (including phenoxy) is 1. The molecular weight excluding hydrogens is 496 g/mol. The molecule has 1 atom stereocenters. The fourth-order valence-corrected chi connectivity index (χ4v) is 5.86. The summed E-state index contributed by atoms with van der Waals surface area (Å²) in [7, 11) is 0. The molecule has 2 aliphatic rings. The van der Waals surface area contributed by atoms with Gasteiger partial charge >= 0.3 is 0 Å². The van der Waals surface area contributed by atoms with E-state index in [-0.39, 0.29) is 17.9 Å². The van der Waals surface area contributed by atoms with Crippen LogP contribution in [-0.2, 0) is 16.1 Å². The minimum atomic E-state index is -0.302. The van der Waals surface area contributed by atoms with E-state index < -0.39 is 0 Å². The molecule has 2 aliphatic heterocycles. The predicted molar refractivity (Wildman–Crippen MR) is 132 cm³/mol. The molecular formula is C22H25ClN6O3S2. The molecule has 12 heteroatoms. The van der Waals surface area contributed by atoms with E-state index in [4.69, 9.17) is 16.3 Å². The molecule has 0 spiro atoms. The third kappa shape index (κ3) is 5.18. The highest BCUT2D eigenvalue weighted by atomic mass is 35.5. The van der Waals surface area contributed by atoms with Crippen molar-refractivity contribution >= 4 is 51.9 Å². The molecule has 5 heterocycles. The maximum atomic E-state index is 13.1. The Morgan fingerprint density at radius 2 is 2.09 bits per heavy atom. The normalized spacial score (nSPS) is 19.0. The minimum absolute atomic E-state index is 0.0903. The van der Waals surface area contributed by atoms with E-state index in [2.05, 4.69) is 20.3 Å². The van der Waals surface area contributed by atoms with Crippen LogP contribution < -0.4 is 5.32 Å². The number of likely N-dealkylation sites (tertiary alicyclic amines) is 1. The number of carbonyl (C=O) groups excluding carboxylic acids is 2. The average Bonchev–Trinajstić information content (AvgIpc) is 3.65. The van der Waals surface area contributed by atoms with Crippen LogP contribution in [0.1, 0.15) is 39.9 Å². The molecule has 3 aromatic heterocycles. The highest BCUT2D eigenvalue weighted by Crippen LogP contribution is 2.33. The van der Waals surface area contributed by atoms with Gasteiger partial charge in [0.1, 0.15) is 11.5 Å². The van der Waals surface area contributed by atoms with Gasteiger partial charge in [-0.1, -0.05) is 11.6 Å². The third-order valence-corrected chi connectivity index (χ3v) is 7.84. The number of morpholine rings is 1. The van der Waals surface area contributed by atoms with Gasteiger partial charge in [0, 0.05) is 36.0 Å². The van der Waals surface area contributed by atoms with E-state index >= 15 is 0 Å². The molecule has 0 radical (unpaired) electrons. The third-order valence-electron chi connectivity index (χ3n) is 6.02. The Labute approximate surface area is 210 Å². The van der Waals surface area contributed by atoms with E-state index in [0.717, 1.165) is 30.8 Å². The molecule has 1 unspecified atom stereocenters. The number of aromatic nitrogens is 3. The highest BCUT2D eigenvalue weighted by molar-refractivity contribution is 7.16. The molecule has 1 N–H and O–H groups in total. The van der Waals surface area contributed by atoms with Crippen molar-refractivity contribution < 1.29 is 14.3 Å². The van der Waals surface area contributed by atoms with E-state index in [1.54, 1.807) is 10.9 Å². The van der Waals surface area contributed by atoms with Gasteiger partial charge in [0.2, 0.25) is 5.91 Å². The second-order valence-electron chi connectivity index (χ2n) is 8.24. The molecule has 3 aromatic rings. The monoisotopic (exact) mass is 520 g/mol. The summed E-state index contributed by atoms with van der Waals surface area (Å²) >= 11 is 8.91. The topological polar surface area (TPSA) is 92.6 Å². The first kappa shape index (κ1) is 23.4. The second-order valence-corrected chi connectivity index (χ2v) is 10.8. The number of hydrogen-bond acceptors (Lipinski definition) is 9. The molecule has 2 saturated heterocycles. The number of amides is 1. The molecule has 0 aromatic carbocycles. The summed E-state index contributed by atoms with van der Waals surface area (Å²) < 4.78 is 7.47. The number of halogens is 1. The second kappa shape index (κ2) is 10.5. The lowest BCUT2D eigenvalue weighted by Crippen LogP contribution is -2.44. The molecule has 1 amide bonds. The van der Waals surface area contributed by atoms with Crippen LogP contribution in [-0.4, -0.2) is 75.8 Å². The van der Waals surface area contributed by atoms with Crippen LogP contribution >= 0.6 is 34.3 Å². The Hall–Kier alpha value is -2.31. The van der Waals surface area contributed by atoms with Crippen molar-refractivity contribution in [1.82, 2.24) is 24.6 Å². The number of anilines is 1. The first-order chi connectivity index (χ1) is 16.6. The molecule has 0 aliphatic carbocycles. The maximum Gasteiger partial charge on any atom is 0.299 e. The smallest absolute Gasteiger partial charge is 0.299 e. The lowest BCUT2D eigenvalue weighted by Gasteiger charge is -2.30. The zero-order valence-corrected chi connectivity index (χ0v) is 20.9. The Morgan fingerprint density at radius 3 is 2.82 bits per heavy atom. The molecule has 180 valence electrons. The SMILES string of the molecule is O=C(CN1CCOCC1)N1CCCC1c1cc(NCc2ccc(Cl)s2)n(C(=O)c2cscn2)n1. The van der Waals surface area contributed by atoms with Crippen LogP contribution in [0.3, 0.4) is 0 Å². The lowest BCUT2D eigenvalue weighted by molar-refractivity contribution is -0.134. The number of nitrogens with one attached hydrogen (secondary N) is 1. The van der Waals surface area contributed by atoms with E-state index in [1.165, 1.54) is 27.4 Å². The van der Waals surface area contributed by atoms with Crippen LogP contribution in [0.4, 0.5) is 5.82 Å². The van der Waals surface area contributed by atoms with Crippen LogP contribution in [0.2, 0.25) is 4.34 Å². The molecule has 9 nitrogen and oxygen atoms in total. The van der Waals surface area contributed by atoms with Crippen LogP contribution in [0.5, 0.6) is 0 Å². The standard InChI is InChI=1S/C22H25ClN6O3S2/c23-19-4-3-15(34-19)11-24-20-10-16(26-29(20)22(31)17-13-33-14-25-17)18-2-1-5-28(18)21(30)12-27-6-8-32-9-7-27/h3-4,10,13-14,18,24H,1-2,5-9,11-12H2. The summed E-state index contributed by atoms with van der Waals surface area (Å²) in [6.45, 7) is 4.43. The predicted octanol–water partition coefficient (Wildman–Crippen LogP) is 3.35. The Balaban J connectivity index is 1.37. The van der Waals surface area contributed by atoms with Crippen molar-refractivity contribution in [3.63, 3.8) is 0 Å². The van der Waals surface area contributed by atoms with Crippen molar-refractivity contribution in [2.45, 2.75) is 25.4 Å². The van der Waals surface area contributed by atoms with Gasteiger partial charge in [-0.2, -0.15) is 9.78 Å². The first-order valence-corrected chi connectivity index (χ1v) is 13.3. The largest absolute Gasteiger partial charge is 0.379 e. The van der Waals surface area contributed by atoms with Gasteiger partial charge in [0.05, 0.1) is 47.9 Å². The maximum absolute atomic E-state index is 13.1. The lowest BCUT2D eigenvalue weighted by atomic mass is 10.1. The van der Waals surface area contributed by atoms with Crippen molar-refractivity contribution in [2.24, 2.45) is 0 Å². The summed E-state index contributed by atoms with van der Waals surface area (Å²) in [5, 5.41) is 9.69. The Bertz CT molecular complexity index is 1140. The van der Waals surface area contributed by atoms with Crippen molar-refractivity contribution in [3.8, 4) is 0 Å². The Morgan fingerprint density at radius 1 is 1.24 bits per heavy atom. The summed E-state index contributed by atoms with van der Waals surface area (Å²) in [6, 6.07) is 5.52. The number of nitrogens with zero attached hydrogens (tertiary/aromatic N) is 5. The molecule has 0 bridgehead atoms. The van der Waals surface area contributed by atoms with Gasteiger partial charge in [-0.25, -0.2) is 4.98 Å². The quantitative estimate of drug-likeness (QED) is 0.510. The number of carbonyl (C=O) groups is 2. The van der Waals surface area contributed by atoms with Crippen molar-refractivity contribution in [1.29, 1.82) is 0 Å². The molecule has 0 saturated carbocycles. The van der Waals surface area contributed by atoms with Gasteiger partial charge in [-0.3, -0.25) is 14.5 Å². The fourth-order valence-electron chi connectivity index (χ4n) is 4.31. The van der Waals surface area contributed by atoms with Crippen LogP contribution in [0, 0.1) is 0 Å². The van der Waals surface area contributed by atoms with Gasteiger partial charge in [-0.15, -0.1) is 22.7 Å². The van der Waals surface area contributed by atoms with Gasteiger partial charge in [-0.05, 0) is 25.0 Å². The zero-order chi connectivity index (χ0) is 23.5. The molecule has 2 fully saturated rings. The van der Waals surface area contributed by atoms with Crippen LogP contribution in [0.15, 0.2) is 29.1 Å². The van der Waals surface area contributed by atoms with E-state index in [9.17, 15) is 9.59 Å². The highest BCUT2D eigenvalue weighted by Gasteiger charge is 2.34. The number of thiophene rings is 1.